The molecule has 1 saturated heterocycles. The predicted octanol–water partition coefficient (Wildman–Crippen LogP) is 3.56. The smallest absolute Gasteiger partial charge is 0.326 e. The lowest BCUT2D eigenvalue weighted by Gasteiger charge is -2.32. The Hall–Kier alpha value is -2.99. The minimum atomic E-state index is -0.233. The van der Waals surface area contributed by atoms with Gasteiger partial charge < -0.3 is 20.4 Å². The zero-order valence-electron chi connectivity index (χ0n) is 16.4. The number of amides is 1. The van der Waals surface area contributed by atoms with Crippen LogP contribution in [-0.2, 0) is 6.42 Å². The normalized spacial score (nSPS) is 15.6. The summed E-state index contributed by atoms with van der Waals surface area (Å²) >= 11 is 0. The standard InChI is InChI=1S/C23H27N3O3/c27-21-15-19-8-12-26(20(19)16-22(21)28)23(29)24-9-13-25-10-6-18(7-11-25)14-17-4-2-1-3-5-17/h1-5,8,12,15-16,18,27-28H,6-7,9-11,13-14H2,(H,24,29). The first-order valence-electron chi connectivity index (χ1n) is 10.2. The number of hydrogen-bond donors (Lipinski definition) is 3. The monoisotopic (exact) mass is 393 g/mol. The molecule has 0 radical (unpaired) electrons. The van der Waals surface area contributed by atoms with Crippen LogP contribution in [-0.4, -0.2) is 51.9 Å². The SMILES string of the molecule is O=C(NCCN1CCC(Cc2ccccc2)CC1)n1ccc2cc(O)c(O)cc21. The summed E-state index contributed by atoms with van der Waals surface area (Å²) < 4.78 is 1.46. The molecule has 1 aliphatic heterocycles. The number of nitrogens with one attached hydrogen (secondary N) is 1. The number of phenols is 2. The van der Waals surface area contributed by atoms with E-state index in [1.165, 1.54) is 35.1 Å². The van der Waals surface area contributed by atoms with Crippen molar-refractivity contribution in [2.24, 2.45) is 5.92 Å². The number of rotatable bonds is 5. The van der Waals surface area contributed by atoms with Crippen LogP contribution in [0, 0.1) is 5.92 Å². The van der Waals surface area contributed by atoms with Gasteiger partial charge in [-0.15, -0.1) is 0 Å². The van der Waals surface area contributed by atoms with Crippen LogP contribution in [0.1, 0.15) is 18.4 Å². The third-order valence-electron chi connectivity index (χ3n) is 5.78. The first kappa shape index (κ1) is 19.3. The summed E-state index contributed by atoms with van der Waals surface area (Å²) in [5.74, 6) is 0.313. The maximum Gasteiger partial charge on any atom is 0.326 e. The summed E-state index contributed by atoms with van der Waals surface area (Å²) in [5, 5.41) is 22.9. The summed E-state index contributed by atoms with van der Waals surface area (Å²) in [4.78, 5) is 14.9. The van der Waals surface area contributed by atoms with Gasteiger partial charge in [-0.1, -0.05) is 30.3 Å². The van der Waals surface area contributed by atoms with Crippen LogP contribution < -0.4 is 5.32 Å². The number of aromatic nitrogens is 1. The van der Waals surface area contributed by atoms with Gasteiger partial charge in [0.15, 0.2) is 11.5 Å². The molecule has 1 aliphatic rings. The average Bonchev–Trinajstić information content (AvgIpc) is 3.13. The fourth-order valence-electron chi connectivity index (χ4n) is 4.10. The highest BCUT2D eigenvalue weighted by molar-refractivity contribution is 5.93. The molecule has 2 heterocycles. The second-order valence-electron chi connectivity index (χ2n) is 7.79. The molecule has 2 aromatic carbocycles. The number of carbonyl (C=O) groups is 1. The number of likely N-dealkylation sites (tertiary alicyclic amines) is 1. The number of fused-ring (bicyclic) bond motifs is 1. The summed E-state index contributed by atoms with van der Waals surface area (Å²) in [7, 11) is 0. The largest absolute Gasteiger partial charge is 0.504 e. The van der Waals surface area contributed by atoms with Gasteiger partial charge >= 0.3 is 6.03 Å². The van der Waals surface area contributed by atoms with Crippen molar-refractivity contribution < 1.29 is 15.0 Å². The molecule has 29 heavy (non-hydrogen) atoms. The van der Waals surface area contributed by atoms with E-state index in [4.69, 9.17) is 0 Å². The van der Waals surface area contributed by atoms with Crippen molar-refractivity contribution in [1.29, 1.82) is 0 Å². The lowest BCUT2D eigenvalue weighted by Crippen LogP contribution is -2.40. The van der Waals surface area contributed by atoms with E-state index < -0.39 is 0 Å². The summed E-state index contributed by atoms with van der Waals surface area (Å²) in [6, 6.07) is 15.0. The Morgan fingerprint density at radius 3 is 2.52 bits per heavy atom. The van der Waals surface area contributed by atoms with Crippen LogP contribution in [0.2, 0.25) is 0 Å². The van der Waals surface area contributed by atoms with Crippen molar-refractivity contribution in [3.05, 3.63) is 60.3 Å². The molecule has 1 aromatic heterocycles. The highest BCUT2D eigenvalue weighted by Gasteiger charge is 2.19. The molecule has 0 saturated carbocycles. The van der Waals surface area contributed by atoms with Crippen LogP contribution in [0.4, 0.5) is 4.79 Å². The molecule has 1 fully saturated rings. The maximum atomic E-state index is 12.5. The summed E-state index contributed by atoms with van der Waals surface area (Å²) in [5.41, 5.74) is 1.98. The van der Waals surface area contributed by atoms with Gasteiger partial charge in [-0.05, 0) is 56.0 Å². The molecule has 3 aromatic rings. The van der Waals surface area contributed by atoms with Crippen molar-refractivity contribution in [2.75, 3.05) is 26.2 Å². The second kappa shape index (κ2) is 8.57. The van der Waals surface area contributed by atoms with Gasteiger partial charge in [-0.25, -0.2) is 4.79 Å². The number of piperidine rings is 1. The fraction of sp³-hybridized carbons (Fsp3) is 0.348. The molecule has 152 valence electrons. The van der Waals surface area contributed by atoms with Gasteiger partial charge in [0, 0.05) is 30.7 Å². The van der Waals surface area contributed by atoms with Crippen LogP contribution >= 0.6 is 0 Å². The van der Waals surface area contributed by atoms with Crippen LogP contribution in [0.25, 0.3) is 10.9 Å². The Morgan fingerprint density at radius 1 is 1.03 bits per heavy atom. The summed E-state index contributed by atoms with van der Waals surface area (Å²) in [6.45, 7) is 3.53. The van der Waals surface area contributed by atoms with Crippen molar-refractivity contribution in [2.45, 2.75) is 19.3 Å². The molecule has 0 aliphatic carbocycles. The Labute approximate surface area is 170 Å². The van der Waals surface area contributed by atoms with E-state index in [0.29, 0.717) is 17.4 Å². The number of aromatic hydroxyl groups is 2. The van der Waals surface area contributed by atoms with E-state index in [1.807, 2.05) is 0 Å². The quantitative estimate of drug-likeness (QED) is 0.579. The van der Waals surface area contributed by atoms with E-state index in [-0.39, 0.29) is 17.5 Å². The van der Waals surface area contributed by atoms with Crippen LogP contribution in [0.3, 0.4) is 0 Å². The van der Waals surface area contributed by atoms with E-state index >= 15 is 0 Å². The Balaban J connectivity index is 1.24. The molecule has 6 nitrogen and oxygen atoms in total. The lowest BCUT2D eigenvalue weighted by atomic mass is 9.90. The molecule has 0 spiro atoms. The molecule has 0 bridgehead atoms. The number of hydrogen-bond acceptors (Lipinski definition) is 4. The second-order valence-corrected chi connectivity index (χ2v) is 7.79. The molecule has 0 unspecified atom stereocenters. The van der Waals surface area contributed by atoms with E-state index in [0.717, 1.165) is 32.0 Å². The Kier molecular flexibility index (Phi) is 5.71. The van der Waals surface area contributed by atoms with Gasteiger partial charge in [0.25, 0.3) is 0 Å². The van der Waals surface area contributed by atoms with Gasteiger partial charge in [0.05, 0.1) is 5.52 Å². The molecular weight excluding hydrogens is 366 g/mol. The van der Waals surface area contributed by atoms with Crippen molar-refractivity contribution in [3.63, 3.8) is 0 Å². The first-order valence-corrected chi connectivity index (χ1v) is 10.2. The fourth-order valence-corrected chi connectivity index (χ4v) is 4.10. The van der Waals surface area contributed by atoms with E-state index in [1.54, 1.807) is 12.3 Å². The van der Waals surface area contributed by atoms with Gasteiger partial charge in [-0.2, -0.15) is 0 Å². The third kappa shape index (κ3) is 4.54. The van der Waals surface area contributed by atoms with Gasteiger partial charge in [-0.3, -0.25) is 4.57 Å². The first-order chi connectivity index (χ1) is 14.1. The lowest BCUT2D eigenvalue weighted by molar-refractivity contribution is 0.184. The molecule has 1 amide bonds. The average molecular weight is 393 g/mol. The van der Waals surface area contributed by atoms with Crippen molar-refractivity contribution in [1.82, 2.24) is 14.8 Å². The van der Waals surface area contributed by atoms with Gasteiger partial charge in [0.2, 0.25) is 0 Å². The number of carbonyl (C=O) groups excluding carboxylic acids is 1. The number of nitrogens with zero attached hydrogens (tertiary/aromatic N) is 2. The predicted molar refractivity (Wildman–Crippen MR) is 113 cm³/mol. The topological polar surface area (TPSA) is 77.7 Å². The molecular formula is C23H27N3O3. The maximum absolute atomic E-state index is 12.5. The van der Waals surface area contributed by atoms with Crippen molar-refractivity contribution in [3.8, 4) is 11.5 Å². The molecule has 3 N–H and O–H groups in total. The van der Waals surface area contributed by atoms with Crippen molar-refractivity contribution >= 4 is 16.9 Å². The number of phenolic OH excluding ortho intramolecular Hbond substituents is 2. The highest BCUT2D eigenvalue weighted by Crippen LogP contribution is 2.30. The Morgan fingerprint density at radius 2 is 1.76 bits per heavy atom. The number of benzene rings is 2. The summed E-state index contributed by atoms with van der Waals surface area (Å²) in [6.07, 6.45) is 5.17. The highest BCUT2D eigenvalue weighted by atomic mass is 16.3. The minimum Gasteiger partial charge on any atom is -0.504 e. The third-order valence-corrected chi connectivity index (χ3v) is 5.78. The van der Waals surface area contributed by atoms with Crippen LogP contribution in [0.5, 0.6) is 11.5 Å². The van der Waals surface area contributed by atoms with E-state index in [2.05, 4.69) is 40.5 Å². The molecule has 6 heteroatoms. The zero-order chi connectivity index (χ0) is 20.2. The van der Waals surface area contributed by atoms with Gasteiger partial charge in [0.1, 0.15) is 0 Å². The van der Waals surface area contributed by atoms with E-state index in [9.17, 15) is 15.0 Å². The minimum absolute atomic E-state index is 0.189. The Bertz CT molecular complexity index is 976. The van der Waals surface area contributed by atoms with Crippen LogP contribution in [0.15, 0.2) is 54.7 Å². The molecule has 4 rings (SSSR count). The zero-order valence-corrected chi connectivity index (χ0v) is 16.4. The molecule has 0 atom stereocenters.